The van der Waals surface area contributed by atoms with Gasteiger partial charge in [-0.25, -0.2) is 9.59 Å². The number of nitrogens with one attached hydrogen (secondary N) is 1. The van der Waals surface area contributed by atoms with E-state index in [4.69, 9.17) is 4.74 Å². The van der Waals surface area contributed by atoms with Crippen LogP contribution in [0.3, 0.4) is 0 Å². The minimum atomic E-state index is -1.34. The number of ether oxygens (including phenoxy) is 1. The SMILES string of the molecule is CC1=C(C(=O)O)C(c2cccc([N+](=O)[O-])c2)C(C(=O)O)=C(COCCc2cccnc2)N1. The van der Waals surface area contributed by atoms with Gasteiger partial charge in [-0.1, -0.05) is 18.2 Å². The number of nitro groups is 1. The van der Waals surface area contributed by atoms with E-state index in [1.807, 2.05) is 6.07 Å². The number of dihydropyridines is 1. The first-order valence-corrected chi connectivity index (χ1v) is 9.68. The summed E-state index contributed by atoms with van der Waals surface area (Å²) in [6, 6.07) is 9.01. The zero-order valence-electron chi connectivity index (χ0n) is 17.1. The summed E-state index contributed by atoms with van der Waals surface area (Å²) in [6.45, 7) is 1.71. The predicted molar refractivity (Wildman–Crippen MR) is 113 cm³/mol. The van der Waals surface area contributed by atoms with Crippen molar-refractivity contribution in [2.45, 2.75) is 19.3 Å². The highest BCUT2D eigenvalue weighted by atomic mass is 16.6. The van der Waals surface area contributed by atoms with Gasteiger partial charge >= 0.3 is 11.9 Å². The largest absolute Gasteiger partial charge is 0.478 e. The fourth-order valence-electron chi connectivity index (χ4n) is 3.61. The molecule has 0 amide bonds. The molecule has 1 aliphatic rings. The van der Waals surface area contributed by atoms with Crippen LogP contribution in [-0.2, 0) is 20.7 Å². The first-order valence-electron chi connectivity index (χ1n) is 9.68. The molecule has 0 spiro atoms. The number of carbonyl (C=O) groups is 2. The Labute approximate surface area is 183 Å². The maximum Gasteiger partial charge on any atom is 0.334 e. The molecule has 0 fully saturated rings. The third kappa shape index (κ3) is 4.98. The highest BCUT2D eigenvalue weighted by molar-refractivity contribution is 5.98. The fourth-order valence-corrected chi connectivity index (χ4v) is 3.61. The van der Waals surface area contributed by atoms with Crippen LogP contribution in [0.1, 0.15) is 24.0 Å². The fraction of sp³-hybridized carbons (Fsp3) is 0.227. The van der Waals surface area contributed by atoms with Crippen LogP contribution in [0, 0.1) is 10.1 Å². The van der Waals surface area contributed by atoms with Crippen LogP contribution in [-0.4, -0.2) is 45.3 Å². The van der Waals surface area contributed by atoms with Crippen LogP contribution < -0.4 is 5.32 Å². The van der Waals surface area contributed by atoms with Crippen molar-refractivity contribution in [1.29, 1.82) is 0 Å². The number of pyridine rings is 1. The lowest BCUT2D eigenvalue weighted by atomic mass is 9.80. The summed E-state index contributed by atoms with van der Waals surface area (Å²) in [5, 5.41) is 33.7. The van der Waals surface area contributed by atoms with E-state index in [0.717, 1.165) is 5.56 Å². The van der Waals surface area contributed by atoms with Crippen molar-refractivity contribution in [3.05, 3.63) is 92.6 Å². The zero-order chi connectivity index (χ0) is 23.3. The predicted octanol–water partition coefficient (Wildman–Crippen LogP) is 2.63. The zero-order valence-corrected chi connectivity index (χ0v) is 17.1. The van der Waals surface area contributed by atoms with E-state index < -0.39 is 22.8 Å². The summed E-state index contributed by atoms with van der Waals surface area (Å²) in [7, 11) is 0. The van der Waals surface area contributed by atoms with Gasteiger partial charge in [-0.05, 0) is 30.5 Å². The second-order valence-electron chi connectivity index (χ2n) is 7.12. The molecule has 0 bridgehead atoms. The normalized spacial score (nSPS) is 16.0. The molecule has 10 nitrogen and oxygen atoms in total. The molecule has 0 saturated heterocycles. The van der Waals surface area contributed by atoms with E-state index >= 15 is 0 Å². The maximum absolute atomic E-state index is 12.2. The lowest BCUT2D eigenvalue weighted by Crippen LogP contribution is -2.33. The molecule has 10 heteroatoms. The molecule has 3 N–H and O–H groups in total. The van der Waals surface area contributed by atoms with Crippen molar-refractivity contribution in [2.24, 2.45) is 0 Å². The Morgan fingerprint density at radius 3 is 2.56 bits per heavy atom. The summed E-state index contributed by atoms with van der Waals surface area (Å²) >= 11 is 0. The standard InChI is InChI=1S/C22H21N3O7/c1-13-18(21(26)27)19(15-5-2-6-16(10-15)25(30)31)20(22(28)29)17(24-13)12-32-9-7-14-4-3-8-23-11-14/h2-6,8,10-11,19,24H,7,9,12H2,1H3,(H,26,27)(H,28,29). The lowest BCUT2D eigenvalue weighted by Gasteiger charge is -2.30. The Bertz CT molecular complexity index is 1110. The number of nitro benzene ring substituents is 1. The van der Waals surface area contributed by atoms with Gasteiger partial charge in [0.15, 0.2) is 0 Å². The number of allylic oxidation sites excluding steroid dienone is 1. The van der Waals surface area contributed by atoms with Gasteiger partial charge in [0.25, 0.3) is 5.69 Å². The molecular formula is C22H21N3O7. The average Bonchev–Trinajstić information content (AvgIpc) is 2.76. The maximum atomic E-state index is 12.2. The Balaban J connectivity index is 1.94. The van der Waals surface area contributed by atoms with Gasteiger partial charge in [-0.15, -0.1) is 0 Å². The van der Waals surface area contributed by atoms with Crippen LogP contribution >= 0.6 is 0 Å². The summed E-state index contributed by atoms with van der Waals surface area (Å²) in [4.78, 5) is 38.8. The van der Waals surface area contributed by atoms with Crippen molar-refractivity contribution < 1.29 is 29.5 Å². The molecule has 1 aromatic carbocycles. The molecule has 2 heterocycles. The Kier molecular flexibility index (Phi) is 6.96. The highest BCUT2D eigenvalue weighted by Crippen LogP contribution is 2.39. The molecule has 0 saturated carbocycles. The number of non-ortho nitro benzene ring substituents is 1. The van der Waals surface area contributed by atoms with E-state index in [1.165, 1.54) is 31.2 Å². The molecule has 1 unspecified atom stereocenters. The topological polar surface area (TPSA) is 152 Å². The quantitative estimate of drug-likeness (QED) is 0.304. The highest BCUT2D eigenvalue weighted by Gasteiger charge is 2.38. The molecule has 0 aliphatic carbocycles. The van der Waals surface area contributed by atoms with Crippen LogP contribution in [0.25, 0.3) is 0 Å². The van der Waals surface area contributed by atoms with Gasteiger partial charge < -0.3 is 20.3 Å². The van der Waals surface area contributed by atoms with Gasteiger partial charge in [-0.2, -0.15) is 0 Å². The smallest absolute Gasteiger partial charge is 0.334 e. The third-order valence-electron chi connectivity index (χ3n) is 5.02. The van der Waals surface area contributed by atoms with Crippen LogP contribution in [0.4, 0.5) is 5.69 Å². The molecular weight excluding hydrogens is 418 g/mol. The summed E-state index contributed by atoms with van der Waals surface area (Å²) in [6.07, 6.45) is 3.92. The average molecular weight is 439 g/mol. The first-order chi connectivity index (χ1) is 15.3. The van der Waals surface area contributed by atoms with Crippen LogP contribution in [0.15, 0.2) is 71.3 Å². The number of carboxylic acids is 2. The number of hydrogen-bond donors (Lipinski definition) is 3. The third-order valence-corrected chi connectivity index (χ3v) is 5.02. The number of aliphatic carboxylic acids is 2. The monoisotopic (exact) mass is 439 g/mol. The number of rotatable bonds is 9. The second-order valence-corrected chi connectivity index (χ2v) is 7.12. The molecule has 1 aromatic heterocycles. The van der Waals surface area contributed by atoms with Gasteiger partial charge in [0.2, 0.25) is 0 Å². The van der Waals surface area contributed by atoms with Gasteiger partial charge in [0.1, 0.15) is 0 Å². The molecule has 1 aliphatic heterocycles. The number of carboxylic acid groups (broad SMARTS) is 2. The number of benzene rings is 1. The van der Waals surface area contributed by atoms with Gasteiger partial charge in [-0.3, -0.25) is 15.1 Å². The van der Waals surface area contributed by atoms with E-state index in [1.54, 1.807) is 18.5 Å². The second kappa shape index (κ2) is 9.84. The van der Waals surface area contributed by atoms with Gasteiger partial charge in [0.05, 0.1) is 40.9 Å². The minimum Gasteiger partial charge on any atom is -0.478 e. The Morgan fingerprint density at radius 1 is 1.19 bits per heavy atom. The Hall–Kier alpha value is -4.05. The summed E-state index contributed by atoms with van der Waals surface area (Å²) < 4.78 is 5.66. The van der Waals surface area contributed by atoms with Crippen molar-refractivity contribution in [3.63, 3.8) is 0 Å². The molecule has 3 rings (SSSR count). The molecule has 166 valence electrons. The Morgan fingerprint density at radius 2 is 1.94 bits per heavy atom. The number of nitrogens with zero attached hydrogens (tertiary/aromatic N) is 2. The molecule has 2 aromatic rings. The van der Waals surface area contributed by atoms with Crippen LogP contribution in [0.2, 0.25) is 0 Å². The van der Waals surface area contributed by atoms with Crippen molar-refractivity contribution in [3.8, 4) is 0 Å². The van der Waals surface area contributed by atoms with E-state index in [-0.39, 0.29) is 40.4 Å². The minimum absolute atomic E-state index is 0.0996. The van der Waals surface area contributed by atoms with E-state index in [0.29, 0.717) is 13.0 Å². The van der Waals surface area contributed by atoms with Crippen LogP contribution in [0.5, 0.6) is 0 Å². The van der Waals surface area contributed by atoms with Crippen molar-refractivity contribution in [1.82, 2.24) is 10.3 Å². The van der Waals surface area contributed by atoms with Crippen molar-refractivity contribution in [2.75, 3.05) is 13.2 Å². The molecule has 1 atom stereocenters. The summed E-state index contributed by atoms with van der Waals surface area (Å²) in [5.74, 6) is -3.86. The van der Waals surface area contributed by atoms with Crippen molar-refractivity contribution >= 4 is 17.6 Å². The number of aromatic nitrogens is 1. The first kappa shape index (κ1) is 22.6. The van der Waals surface area contributed by atoms with Gasteiger partial charge in [0, 0.05) is 30.2 Å². The molecule has 0 radical (unpaired) electrons. The lowest BCUT2D eigenvalue weighted by molar-refractivity contribution is -0.384. The van der Waals surface area contributed by atoms with E-state index in [9.17, 15) is 29.9 Å². The number of hydrogen-bond acceptors (Lipinski definition) is 7. The summed E-state index contributed by atoms with van der Waals surface area (Å²) in [5.41, 5.74) is 0.907. The van der Waals surface area contributed by atoms with E-state index in [2.05, 4.69) is 10.3 Å². The molecule has 32 heavy (non-hydrogen) atoms.